The summed E-state index contributed by atoms with van der Waals surface area (Å²) < 4.78 is 5.53. The van der Waals surface area contributed by atoms with Crippen molar-refractivity contribution in [1.29, 1.82) is 0 Å². The highest BCUT2D eigenvalue weighted by Crippen LogP contribution is 2.36. The first kappa shape index (κ1) is 12.0. The molecule has 0 amide bonds. The average molecular weight is 270 g/mol. The summed E-state index contributed by atoms with van der Waals surface area (Å²) in [6.07, 6.45) is 1.75. The van der Waals surface area contributed by atoms with Crippen LogP contribution in [0.15, 0.2) is 89.5 Å². The Labute approximate surface area is 123 Å². The summed E-state index contributed by atoms with van der Waals surface area (Å²) in [6.45, 7) is 0. The first-order valence-corrected chi connectivity index (χ1v) is 7.04. The van der Waals surface area contributed by atoms with Crippen LogP contribution in [-0.4, -0.2) is 0 Å². The highest BCUT2D eigenvalue weighted by atomic mass is 16.3. The number of fused-ring (bicyclic) bond motifs is 1. The lowest BCUT2D eigenvalue weighted by Crippen LogP contribution is -1.85. The van der Waals surface area contributed by atoms with Crippen molar-refractivity contribution in [3.05, 3.63) is 85.1 Å². The van der Waals surface area contributed by atoms with Crippen LogP contribution in [0.2, 0.25) is 0 Å². The smallest absolute Gasteiger partial charge is 0.134 e. The quantitative estimate of drug-likeness (QED) is 0.451. The van der Waals surface area contributed by atoms with Crippen LogP contribution in [0.1, 0.15) is 0 Å². The molecule has 1 nitrogen and oxygen atoms in total. The van der Waals surface area contributed by atoms with Crippen LogP contribution < -0.4 is 0 Å². The van der Waals surface area contributed by atoms with E-state index >= 15 is 0 Å². The van der Waals surface area contributed by atoms with E-state index in [2.05, 4.69) is 54.6 Å². The molecule has 0 bridgehead atoms. The van der Waals surface area contributed by atoms with E-state index in [4.69, 9.17) is 4.42 Å². The van der Waals surface area contributed by atoms with Crippen molar-refractivity contribution in [3.8, 4) is 22.3 Å². The molecule has 0 saturated heterocycles. The molecule has 1 aromatic heterocycles. The molecular formula is C20H14O. The van der Waals surface area contributed by atoms with Gasteiger partial charge in [0.1, 0.15) is 5.58 Å². The fraction of sp³-hybridized carbons (Fsp3) is 0. The number of hydrogen-bond donors (Lipinski definition) is 0. The van der Waals surface area contributed by atoms with Crippen LogP contribution in [-0.2, 0) is 0 Å². The molecule has 100 valence electrons. The van der Waals surface area contributed by atoms with Gasteiger partial charge in [-0.05, 0) is 34.4 Å². The standard InChI is InChI=1S/C20H14O/c1-2-7-15(8-3-1)16-9-4-5-10-17(16)18-11-6-12-20-19(18)13-14-21-20/h1-14H. The molecule has 1 heterocycles. The van der Waals surface area contributed by atoms with E-state index in [1.165, 1.54) is 22.3 Å². The minimum Gasteiger partial charge on any atom is -0.464 e. The van der Waals surface area contributed by atoms with Gasteiger partial charge in [-0.25, -0.2) is 0 Å². The van der Waals surface area contributed by atoms with Crippen molar-refractivity contribution in [1.82, 2.24) is 0 Å². The third-order valence-corrected chi connectivity index (χ3v) is 3.80. The Morgan fingerprint density at radius 2 is 1.24 bits per heavy atom. The molecule has 0 N–H and O–H groups in total. The monoisotopic (exact) mass is 270 g/mol. The van der Waals surface area contributed by atoms with Gasteiger partial charge in [0.25, 0.3) is 0 Å². The Balaban J connectivity index is 2.00. The molecule has 1 heteroatoms. The summed E-state index contributed by atoms with van der Waals surface area (Å²) in [5.74, 6) is 0. The molecule has 21 heavy (non-hydrogen) atoms. The lowest BCUT2D eigenvalue weighted by molar-refractivity contribution is 0.616. The molecule has 0 unspecified atom stereocenters. The zero-order chi connectivity index (χ0) is 14.1. The van der Waals surface area contributed by atoms with Gasteiger partial charge in [-0.2, -0.15) is 0 Å². The lowest BCUT2D eigenvalue weighted by atomic mass is 9.93. The third kappa shape index (κ3) is 2.03. The van der Waals surface area contributed by atoms with Crippen LogP contribution in [0, 0.1) is 0 Å². The molecule has 4 aromatic rings. The van der Waals surface area contributed by atoms with E-state index in [1.54, 1.807) is 6.26 Å². The zero-order valence-electron chi connectivity index (χ0n) is 11.5. The molecule has 0 radical (unpaired) electrons. The van der Waals surface area contributed by atoms with Gasteiger partial charge in [-0.15, -0.1) is 0 Å². The van der Waals surface area contributed by atoms with Gasteiger partial charge >= 0.3 is 0 Å². The van der Waals surface area contributed by atoms with E-state index in [-0.39, 0.29) is 0 Å². The van der Waals surface area contributed by atoms with Crippen molar-refractivity contribution in [3.63, 3.8) is 0 Å². The minimum atomic E-state index is 0.926. The summed E-state index contributed by atoms with van der Waals surface area (Å²) in [4.78, 5) is 0. The van der Waals surface area contributed by atoms with Gasteiger partial charge in [-0.1, -0.05) is 66.7 Å². The fourth-order valence-electron chi connectivity index (χ4n) is 2.82. The Morgan fingerprint density at radius 3 is 2.10 bits per heavy atom. The molecule has 0 fully saturated rings. The molecule has 4 rings (SSSR count). The second-order valence-electron chi connectivity index (χ2n) is 5.05. The van der Waals surface area contributed by atoms with Crippen molar-refractivity contribution in [2.24, 2.45) is 0 Å². The maximum Gasteiger partial charge on any atom is 0.134 e. The van der Waals surface area contributed by atoms with Gasteiger partial charge in [0.15, 0.2) is 0 Å². The average Bonchev–Trinajstić information content (AvgIpc) is 3.04. The second kappa shape index (κ2) is 4.95. The van der Waals surface area contributed by atoms with Crippen LogP contribution in [0.5, 0.6) is 0 Å². The van der Waals surface area contributed by atoms with Crippen molar-refractivity contribution < 1.29 is 4.42 Å². The summed E-state index contributed by atoms with van der Waals surface area (Å²) >= 11 is 0. The summed E-state index contributed by atoms with van der Waals surface area (Å²) in [5, 5.41) is 1.15. The van der Waals surface area contributed by atoms with E-state index in [1.807, 2.05) is 24.3 Å². The van der Waals surface area contributed by atoms with Gasteiger partial charge in [0.2, 0.25) is 0 Å². The van der Waals surface area contributed by atoms with Crippen LogP contribution in [0.4, 0.5) is 0 Å². The minimum absolute atomic E-state index is 0.926. The highest BCUT2D eigenvalue weighted by molar-refractivity contribution is 5.98. The summed E-state index contributed by atoms with van der Waals surface area (Å²) in [6, 6.07) is 27.2. The van der Waals surface area contributed by atoms with Crippen LogP contribution >= 0.6 is 0 Å². The maximum atomic E-state index is 5.53. The Hall–Kier alpha value is -2.80. The third-order valence-electron chi connectivity index (χ3n) is 3.80. The fourth-order valence-corrected chi connectivity index (χ4v) is 2.82. The van der Waals surface area contributed by atoms with Gasteiger partial charge in [0, 0.05) is 5.39 Å². The number of hydrogen-bond acceptors (Lipinski definition) is 1. The lowest BCUT2D eigenvalue weighted by Gasteiger charge is -2.10. The van der Waals surface area contributed by atoms with Crippen molar-refractivity contribution in [2.75, 3.05) is 0 Å². The molecule has 0 aliphatic rings. The van der Waals surface area contributed by atoms with E-state index < -0.39 is 0 Å². The molecule has 3 aromatic carbocycles. The second-order valence-corrected chi connectivity index (χ2v) is 5.05. The van der Waals surface area contributed by atoms with Crippen LogP contribution in [0.3, 0.4) is 0 Å². The van der Waals surface area contributed by atoms with Gasteiger partial charge in [0.05, 0.1) is 6.26 Å². The first-order chi connectivity index (χ1) is 10.4. The molecule has 0 aliphatic carbocycles. The van der Waals surface area contributed by atoms with Gasteiger partial charge in [-0.3, -0.25) is 0 Å². The Kier molecular flexibility index (Phi) is 2.82. The highest BCUT2D eigenvalue weighted by Gasteiger charge is 2.10. The number of benzene rings is 3. The van der Waals surface area contributed by atoms with E-state index in [9.17, 15) is 0 Å². The molecule has 0 aliphatic heterocycles. The summed E-state index contributed by atoms with van der Waals surface area (Å²) in [5.41, 5.74) is 5.84. The summed E-state index contributed by atoms with van der Waals surface area (Å²) in [7, 11) is 0. The molecular weight excluding hydrogens is 256 g/mol. The molecule has 0 saturated carbocycles. The Bertz CT molecular complexity index is 888. The predicted octanol–water partition coefficient (Wildman–Crippen LogP) is 5.77. The van der Waals surface area contributed by atoms with Crippen LogP contribution in [0.25, 0.3) is 33.2 Å². The molecule has 0 atom stereocenters. The van der Waals surface area contributed by atoms with E-state index in [0.717, 1.165) is 11.0 Å². The van der Waals surface area contributed by atoms with E-state index in [0.29, 0.717) is 0 Å². The zero-order valence-corrected chi connectivity index (χ0v) is 11.5. The molecule has 0 spiro atoms. The SMILES string of the molecule is c1ccc(-c2ccccc2-c2cccc3occc23)cc1. The maximum absolute atomic E-state index is 5.53. The first-order valence-electron chi connectivity index (χ1n) is 7.04. The van der Waals surface area contributed by atoms with Crippen molar-refractivity contribution >= 4 is 11.0 Å². The predicted molar refractivity (Wildman–Crippen MR) is 87.1 cm³/mol. The number of rotatable bonds is 2. The normalized spacial score (nSPS) is 10.9. The number of furan rings is 1. The topological polar surface area (TPSA) is 13.1 Å². The van der Waals surface area contributed by atoms with Crippen molar-refractivity contribution in [2.45, 2.75) is 0 Å². The largest absolute Gasteiger partial charge is 0.464 e. The Morgan fingerprint density at radius 1 is 0.524 bits per heavy atom. The van der Waals surface area contributed by atoms with Gasteiger partial charge < -0.3 is 4.42 Å².